The Morgan fingerprint density at radius 1 is 1.19 bits per heavy atom. The monoisotopic (exact) mass is 494 g/mol. The summed E-state index contributed by atoms with van der Waals surface area (Å²) in [6, 6.07) is 5.89. The zero-order valence-corrected chi connectivity index (χ0v) is 22.2. The van der Waals surface area contributed by atoms with Gasteiger partial charge in [0.2, 0.25) is 0 Å². The van der Waals surface area contributed by atoms with E-state index in [1.54, 1.807) is 0 Å². The molecule has 2 amide bonds. The van der Waals surface area contributed by atoms with Gasteiger partial charge in [0, 0.05) is 42.7 Å². The third kappa shape index (κ3) is 6.43. The van der Waals surface area contributed by atoms with Crippen LogP contribution in [0.25, 0.3) is 11.6 Å². The number of nitrogens with zero attached hydrogens (tertiary/aromatic N) is 1. The Kier molecular flexibility index (Phi) is 9.09. The van der Waals surface area contributed by atoms with E-state index >= 15 is 0 Å². The van der Waals surface area contributed by atoms with Crippen molar-refractivity contribution in [1.29, 1.82) is 0 Å². The number of aryl methyl sites for hydroxylation is 2. The summed E-state index contributed by atoms with van der Waals surface area (Å²) >= 11 is 0. The summed E-state index contributed by atoms with van der Waals surface area (Å²) in [6.07, 6.45) is 3.07. The highest BCUT2D eigenvalue weighted by atomic mass is 16.5. The second kappa shape index (κ2) is 12.0. The Bertz CT molecular complexity index is 1160. The zero-order valence-electron chi connectivity index (χ0n) is 22.2. The van der Waals surface area contributed by atoms with E-state index in [2.05, 4.69) is 34.4 Å². The van der Waals surface area contributed by atoms with Gasteiger partial charge in [0.1, 0.15) is 0 Å². The normalized spacial score (nSPS) is 14.6. The molecule has 36 heavy (non-hydrogen) atoms. The lowest BCUT2D eigenvalue weighted by atomic mass is 9.99. The van der Waals surface area contributed by atoms with E-state index in [0.29, 0.717) is 24.1 Å². The van der Waals surface area contributed by atoms with Crippen molar-refractivity contribution < 1.29 is 19.1 Å². The number of nitrogens with one attached hydrogen (secondary N) is 3. The van der Waals surface area contributed by atoms with E-state index in [4.69, 9.17) is 4.74 Å². The number of fused-ring (bicyclic) bond motifs is 1. The number of aromatic nitrogens is 1. The molecule has 1 aliphatic rings. The van der Waals surface area contributed by atoms with Gasteiger partial charge in [0.15, 0.2) is 0 Å². The molecule has 1 aromatic carbocycles. The summed E-state index contributed by atoms with van der Waals surface area (Å²) in [7, 11) is 0. The summed E-state index contributed by atoms with van der Waals surface area (Å²) in [4.78, 5) is 42.4. The smallest absolute Gasteiger partial charge is 0.302 e. The second-order valence-corrected chi connectivity index (χ2v) is 9.30. The Hall–Kier alpha value is -3.39. The number of hydrogen-bond acceptors (Lipinski definition) is 5. The molecule has 0 bridgehead atoms. The molecular weight excluding hydrogens is 456 g/mol. The van der Waals surface area contributed by atoms with Gasteiger partial charge in [-0.05, 0) is 76.0 Å². The molecule has 8 nitrogen and oxygen atoms in total. The van der Waals surface area contributed by atoms with Crippen LogP contribution in [-0.4, -0.2) is 60.0 Å². The molecule has 2 heterocycles. The highest BCUT2D eigenvalue weighted by Crippen LogP contribution is 2.35. The minimum atomic E-state index is -0.287. The summed E-state index contributed by atoms with van der Waals surface area (Å²) in [5.41, 5.74) is 6.15. The van der Waals surface area contributed by atoms with Crippen LogP contribution in [0.5, 0.6) is 0 Å². The predicted molar refractivity (Wildman–Crippen MR) is 143 cm³/mol. The molecule has 1 aromatic heterocycles. The number of ether oxygens (including phenoxy) is 1. The standard InChI is InChI=1S/C28H38N4O4/c1-7-32(8-2)14-13-29-28(35)26-18(4)25(30-19(26)5)16-23-22-15-21(10-9-17(3)36-20(6)33)11-12-24(22)31-27(23)34/h11-12,15-17,30H,7-10,13-14H2,1-6H3,(H,29,35)(H,31,34)/b23-16-. The molecule has 3 N–H and O–H groups in total. The highest BCUT2D eigenvalue weighted by Gasteiger charge is 2.26. The first-order chi connectivity index (χ1) is 17.1. The molecule has 0 saturated carbocycles. The number of hydrogen-bond donors (Lipinski definition) is 3. The Morgan fingerprint density at radius 3 is 2.58 bits per heavy atom. The van der Waals surface area contributed by atoms with Crippen molar-refractivity contribution in [3.63, 3.8) is 0 Å². The number of rotatable bonds is 11. The average Bonchev–Trinajstić information content (AvgIpc) is 3.29. The van der Waals surface area contributed by atoms with E-state index in [1.807, 2.05) is 45.0 Å². The topological polar surface area (TPSA) is 104 Å². The van der Waals surface area contributed by atoms with Gasteiger partial charge in [0.25, 0.3) is 11.8 Å². The molecule has 1 aliphatic heterocycles. The molecule has 194 valence electrons. The molecule has 0 radical (unpaired) electrons. The molecule has 0 spiro atoms. The lowest BCUT2D eigenvalue weighted by Gasteiger charge is -2.18. The number of amides is 2. The van der Waals surface area contributed by atoms with Gasteiger partial charge < -0.3 is 25.3 Å². The number of H-pyrrole nitrogens is 1. The van der Waals surface area contributed by atoms with Crippen LogP contribution >= 0.6 is 0 Å². The van der Waals surface area contributed by atoms with E-state index in [1.165, 1.54) is 6.92 Å². The summed E-state index contributed by atoms with van der Waals surface area (Å²) in [5, 5.41) is 5.95. The van der Waals surface area contributed by atoms with Crippen LogP contribution in [0, 0.1) is 13.8 Å². The fourth-order valence-corrected chi connectivity index (χ4v) is 4.61. The van der Waals surface area contributed by atoms with Gasteiger partial charge in [0.05, 0.1) is 17.2 Å². The van der Waals surface area contributed by atoms with E-state index in [-0.39, 0.29) is 23.9 Å². The van der Waals surface area contributed by atoms with Crippen molar-refractivity contribution in [2.24, 2.45) is 0 Å². The Labute approximate surface area is 213 Å². The van der Waals surface area contributed by atoms with E-state index in [9.17, 15) is 14.4 Å². The van der Waals surface area contributed by atoms with Crippen molar-refractivity contribution in [1.82, 2.24) is 15.2 Å². The van der Waals surface area contributed by atoms with Crippen molar-refractivity contribution in [3.8, 4) is 0 Å². The zero-order chi connectivity index (χ0) is 26.4. The maximum absolute atomic E-state index is 12.9. The molecule has 8 heteroatoms. The summed E-state index contributed by atoms with van der Waals surface area (Å²) < 4.78 is 5.22. The first-order valence-corrected chi connectivity index (χ1v) is 12.7. The molecule has 0 saturated heterocycles. The quantitative estimate of drug-likeness (QED) is 0.323. The van der Waals surface area contributed by atoms with E-state index < -0.39 is 0 Å². The number of benzene rings is 1. The van der Waals surface area contributed by atoms with Crippen molar-refractivity contribution >= 4 is 35.1 Å². The van der Waals surface area contributed by atoms with Gasteiger partial charge >= 0.3 is 5.97 Å². The maximum atomic E-state index is 12.9. The molecule has 0 aliphatic carbocycles. The van der Waals surface area contributed by atoms with Crippen LogP contribution in [0.15, 0.2) is 18.2 Å². The maximum Gasteiger partial charge on any atom is 0.302 e. The molecule has 1 atom stereocenters. The number of aromatic amines is 1. The lowest BCUT2D eigenvalue weighted by molar-refractivity contribution is -0.145. The summed E-state index contributed by atoms with van der Waals surface area (Å²) in [6.45, 7) is 14.5. The van der Waals surface area contributed by atoms with Crippen LogP contribution in [0.3, 0.4) is 0 Å². The first kappa shape index (κ1) is 27.2. The Morgan fingerprint density at radius 2 is 1.92 bits per heavy atom. The molecule has 0 fully saturated rings. The summed E-state index contributed by atoms with van der Waals surface area (Å²) in [5.74, 6) is -0.573. The van der Waals surface area contributed by atoms with Crippen molar-refractivity contribution in [3.05, 3.63) is 51.8 Å². The number of carbonyl (C=O) groups is 3. The van der Waals surface area contributed by atoms with Gasteiger partial charge in [-0.1, -0.05) is 19.9 Å². The van der Waals surface area contributed by atoms with Crippen molar-refractivity contribution in [2.75, 3.05) is 31.5 Å². The van der Waals surface area contributed by atoms with Gasteiger partial charge in [-0.15, -0.1) is 0 Å². The van der Waals surface area contributed by atoms with Gasteiger partial charge in [-0.2, -0.15) is 0 Å². The predicted octanol–water partition coefficient (Wildman–Crippen LogP) is 4.08. The second-order valence-electron chi connectivity index (χ2n) is 9.30. The van der Waals surface area contributed by atoms with Crippen LogP contribution in [0.4, 0.5) is 5.69 Å². The van der Waals surface area contributed by atoms with Crippen LogP contribution in [0.1, 0.15) is 72.6 Å². The third-order valence-electron chi connectivity index (χ3n) is 6.67. The minimum absolute atomic E-state index is 0.112. The number of carbonyl (C=O) groups excluding carboxylic acids is 3. The SMILES string of the molecule is CCN(CC)CCNC(=O)c1c(C)[nH]c(/C=C2\C(=O)Nc3ccc(CCC(C)OC(C)=O)cc32)c1C. The number of anilines is 1. The van der Waals surface area contributed by atoms with Crippen molar-refractivity contribution in [2.45, 2.75) is 60.5 Å². The molecular formula is C28H38N4O4. The molecule has 3 rings (SSSR count). The fraction of sp³-hybridized carbons (Fsp3) is 0.464. The highest BCUT2D eigenvalue weighted by molar-refractivity contribution is 6.35. The van der Waals surface area contributed by atoms with Crippen LogP contribution in [-0.2, 0) is 20.7 Å². The Balaban J connectivity index is 1.79. The van der Waals surface area contributed by atoms with E-state index in [0.717, 1.165) is 59.8 Å². The number of esters is 1. The van der Waals surface area contributed by atoms with Gasteiger partial charge in [-0.25, -0.2) is 0 Å². The first-order valence-electron chi connectivity index (χ1n) is 12.7. The largest absolute Gasteiger partial charge is 0.463 e. The third-order valence-corrected chi connectivity index (χ3v) is 6.67. The van der Waals surface area contributed by atoms with Crippen LogP contribution < -0.4 is 10.6 Å². The average molecular weight is 495 g/mol. The minimum Gasteiger partial charge on any atom is -0.463 e. The fourth-order valence-electron chi connectivity index (χ4n) is 4.61. The lowest BCUT2D eigenvalue weighted by Crippen LogP contribution is -2.35. The van der Waals surface area contributed by atoms with Gasteiger partial charge in [-0.3, -0.25) is 14.4 Å². The number of likely N-dealkylation sites (N-methyl/N-ethyl adjacent to an activating group) is 1. The molecule has 1 unspecified atom stereocenters. The van der Waals surface area contributed by atoms with Crippen LogP contribution in [0.2, 0.25) is 0 Å². The molecule has 2 aromatic rings.